The minimum absolute atomic E-state index is 0.0247. The molecule has 0 aromatic heterocycles. The van der Waals surface area contributed by atoms with E-state index in [0.29, 0.717) is 10.0 Å². The monoisotopic (exact) mass is 277 g/mol. The topological polar surface area (TPSA) is 168 Å². The van der Waals surface area contributed by atoms with Crippen LogP contribution >= 0.6 is 0 Å². The molecule has 2 heterocycles. The molecule has 1 N–H and O–H groups in total. The summed E-state index contributed by atoms with van der Waals surface area (Å²) in [6, 6.07) is -1.24. The molecule has 14 nitrogen and oxygen atoms in total. The maximum Gasteiger partial charge on any atom is 0.380 e. The van der Waals surface area contributed by atoms with Gasteiger partial charge in [-0.15, -0.1) is 0 Å². The molecule has 0 aromatic rings. The first-order valence-corrected chi connectivity index (χ1v) is 4.90. The SMILES string of the molecule is O=C1N[C@@H]2[C@@H](N([N+](=O)[O-])CCN2[N+](=O)[O-])N1[N+](=O)[O-]. The highest BCUT2D eigenvalue weighted by Gasteiger charge is 2.61. The van der Waals surface area contributed by atoms with E-state index in [1.807, 2.05) is 5.32 Å². The van der Waals surface area contributed by atoms with E-state index in [1.54, 1.807) is 0 Å². The molecule has 104 valence electrons. The van der Waals surface area contributed by atoms with Gasteiger partial charge in [0, 0.05) is 0 Å². The van der Waals surface area contributed by atoms with Crippen LogP contribution in [0.4, 0.5) is 4.79 Å². The van der Waals surface area contributed by atoms with Crippen molar-refractivity contribution < 1.29 is 19.9 Å². The first-order valence-electron chi connectivity index (χ1n) is 4.90. The summed E-state index contributed by atoms with van der Waals surface area (Å²) in [6.45, 7) is -0.768. The van der Waals surface area contributed by atoms with E-state index in [0.717, 1.165) is 0 Å². The van der Waals surface area contributed by atoms with Gasteiger partial charge in [0.15, 0.2) is 15.1 Å². The van der Waals surface area contributed by atoms with E-state index >= 15 is 0 Å². The average molecular weight is 277 g/mol. The maximum absolute atomic E-state index is 11.4. The van der Waals surface area contributed by atoms with Crippen molar-refractivity contribution in [2.75, 3.05) is 13.1 Å². The molecule has 2 saturated heterocycles. The molecule has 0 bridgehead atoms. The van der Waals surface area contributed by atoms with Crippen molar-refractivity contribution in [1.82, 2.24) is 20.3 Å². The number of fused-ring (bicyclic) bond motifs is 1. The van der Waals surface area contributed by atoms with Gasteiger partial charge < -0.3 is 5.32 Å². The predicted octanol–water partition coefficient (Wildman–Crippen LogP) is -2.14. The van der Waals surface area contributed by atoms with E-state index < -0.39 is 40.0 Å². The lowest BCUT2D eigenvalue weighted by Crippen LogP contribution is -2.66. The zero-order chi connectivity index (χ0) is 14.3. The summed E-state index contributed by atoms with van der Waals surface area (Å²) in [5.41, 5.74) is 0. The number of hydrazine groups is 3. The van der Waals surface area contributed by atoms with E-state index in [-0.39, 0.29) is 11.6 Å². The highest BCUT2D eigenvalue weighted by molar-refractivity contribution is 5.76. The lowest BCUT2D eigenvalue weighted by atomic mass is 10.3. The van der Waals surface area contributed by atoms with Gasteiger partial charge >= 0.3 is 6.03 Å². The second-order valence-electron chi connectivity index (χ2n) is 3.69. The van der Waals surface area contributed by atoms with Crippen LogP contribution in [0.25, 0.3) is 0 Å². The number of amides is 2. The smallest absolute Gasteiger partial charge is 0.305 e. The predicted molar refractivity (Wildman–Crippen MR) is 52.3 cm³/mol. The molecule has 2 amide bonds. The van der Waals surface area contributed by atoms with Gasteiger partial charge in [0.1, 0.15) is 13.1 Å². The van der Waals surface area contributed by atoms with Crippen LogP contribution in [0.5, 0.6) is 0 Å². The maximum atomic E-state index is 11.4. The molecule has 2 rings (SSSR count). The summed E-state index contributed by atoms with van der Waals surface area (Å²) in [7, 11) is 0. The Kier molecular flexibility index (Phi) is 2.68. The third-order valence-corrected chi connectivity index (χ3v) is 2.79. The molecule has 19 heavy (non-hydrogen) atoms. The average Bonchev–Trinajstić information content (AvgIpc) is 2.63. The van der Waals surface area contributed by atoms with Gasteiger partial charge in [-0.05, 0) is 5.01 Å². The molecule has 0 spiro atoms. The van der Waals surface area contributed by atoms with Gasteiger partial charge in [-0.2, -0.15) is 0 Å². The fraction of sp³-hybridized carbons (Fsp3) is 0.800. The van der Waals surface area contributed by atoms with Crippen LogP contribution in [0.3, 0.4) is 0 Å². The van der Waals surface area contributed by atoms with Gasteiger partial charge in [0.05, 0.1) is 0 Å². The molecule has 0 aliphatic carbocycles. The van der Waals surface area contributed by atoms with Crippen molar-refractivity contribution in [3.8, 4) is 0 Å². The normalized spacial score (nSPS) is 25.9. The largest absolute Gasteiger partial charge is 0.380 e. The van der Waals surface area contributed by atoms with Crippen LogP contribution in [-0.4, -0.2) is 61.6 Å². The molecule has 2 fully saturated rings. The van der Waals surface area contributed by atoms with Crippen LogP contribution < -0.4 is 5.32 Å². The minimum Gasteiger partial charge on any atom is -0.305 e. The van der Waals surface area contributed by atoms with Crippen molar-refractivity contribution in [3.05, 3.63) is 30.3 Å². The van der Waals surface area contributed by atoms with Crippen LogP contribution in [0.15, 0.2) is 0 Å². The third-order valence-electron chi connectivity index (χ3n) is 2.79. The molecule has 2 aliphatic heterocycles. The summed E-state index contributed by atoms with van der Waals surface area (Å²) in [4.78, 5) is 43.7. The van der Waals surface area contributed by atoms with Crippen LogP contribution in [-0.2, 0) is 0 Å². The van der Waals surface area contributed by atoms with Crippen molar-refractivity contribution >= 4 is 6.03 Å². The first-order chi connectivity index (χ1) is 8.84. The Morgan fingerprint density at radius 1 is 1.00 bits per heavy atom. The third kappa shape index (κ3) is 1.78. The number of urea groups is 1. The number of piperazine rings is 1. The Balaban J connectivity index is 2.39. The lowest BCUT2D eigenvalue weighted by molar-refractivity contribution is -0.739. The summed E-state index contributed by atoms with van der Waals surface area (Å²) in [5.74, 6) is 0. The quantitative estimate of drug-likeness (QED) is 0.446. The Morgan fingerprint density at radius 3 is 2.00 bits per heavy atom. The number of nitrogens with one attached hydrogen (secondary N) is 1. The van der Waals surface area contributed by atoms with Crippen molar-refractivity contribution in [3.63, 3.8) is 0 Å². The van der Waals surface area contributed by atoms with Gasteiger partial charge in [-0.3, -0.25) is 0 Å². The Hall–Kier alpha value is -2.93. The standard InChI is InChI=1S/C5H7N7O7/c13-5-6-3-4(9(5)12(18)19)8(11(16)17)2-1-7(3)10(14)15/h3-4H,1-2H2,(H,6,13)/t3-,4-/m0/s1. The molecule has 0 radical (unpaired) electrons. The van der Waals surface area contributed by atoms with Gasteiger partial charge in [0.25, 0.3) is 6.17 Å². The lowest BCUT2D eigenvalue weighted by Gasteiger charge is -2.32. The van der Waals surface area contributed by atoms with Gasteiger partial charge in [0.2, 0.25) is 6.17 Å². The summed E-state index contributed by atoms with van der Waals surface area (Å²) in [5, 5.41) is 32.3. The van der Waals surface area contributed by atoms with Crippen molar-refractivity contribution in [1.29, 1.82) is 0 Å². The van der Waals surface area contributed by atoms with E-state index in [2.05, 4.69) is 0 Å². The number of hydrogen-bond donors (Lipinski definition) is 1. The van der Waals surface area contributed by atoms with Gasteiger partial charge in [-0.1, -0.05) is 10.0 Å². The molecule has 0 unspecified atom stereocenters. The van der Waals surface area contributed by atoms with Crippen LogP contribution in [0.2, 0.25) is 0 Å². The van der Waals surface area contributed by atoms with E-state index in [4.69, 9.17) is 0 Å². The van der Waals surface area contributed by atoms with Crippen LogP contribution in [0.1, 0.15) is 0 Å². The number of nitro groups is 3. The fourth-order valence-corrected chi connectivity index (χ4v) is 2.05. The second kappa shape index (κ2) is 4.07. The fourth-order valence-electron chi connectivity index (χ4n) is 2.05. The van der Waals surface area contributed by atoms with Crippen LogP contribution in [0, 0.1) is 30.3 Å². The summed E-state index contributed by atoms with van der Waals surface area (Å²) >= 11 is 0. The molecule has 2 aliphatic rings. The van der Waals surface area contributed by atoms with Gasteiger partial charge in [-0.25, -0.2) is 35.1 Å². The Labute approximate surface area is 103 Å². The zero-order valence-corrected chi connectivity index (χ0v) is 9.11. The zero-order valence-electron chi connectivity index (χ0n) is 9.11. The Morgan fingerprint density at radius 2 is 1.53 bits per heavy atom. The highest BCUT2D eigenvalue weighted by Crippen LogP contribution is 2.24. The molecule has 14 heteroatoms. The first kappa shape index (κ1) is 12.5. The van der Waals surface area contributed by atoms with E-state index in [1.165, 1.54) is 0 Å². The highest BCUT2D eigenvalue weighted by atomic mass is 16.7. The molecule has 2 atom stereocenters. The number of hydrogen-bond acceptors (Lipinski definition) is 7. The number of carbonyl (C=O) groups excluding carboxylic acids is 1. The van der Waals surface area contributed by atoms with Crippen molar-refractivity contribution in [2.24, 2.45) is 0 Å². The molecular formula is C5H7N7O7. The molecular weight excluding hydrogens is 270 g/mol. The molecule has 0 aromatic carbocycles. The van der Waals surface area contributed by atoms with Crippen molar-refractivity contribution in [2.45, 2.75) is 12.3 Å². The number of nitrogens with zero attached hydrogens (tertiary/aromatic N) is 6. The Bertz CT molecular complexity index is 467. The van der Waals surface area contributed by atoms with E-state index in [9.17, 15) is 35.1 Å². The molecule has 0 saturated carbocycles. The summed E-state index contributed by atoms with van der Waals surface area (Å²) < 4.78 is 0. The number of rotatable bonds is 3. The number of carbonyl (C=O) groups is 1. The second-order valence-corrected chi connectivity index (χ2v) is 3.69. The minimum atomic E-state index is -1.68. The summed E-state index contributed by atoms with van der Waals surface area (Å²) in [6.07, 6.45) is -3.15.